The number of halogens is 3. The minimum atomic E-state index is -4.48. The number of nitrogens with zero attached hydrogens (tertiary/aromatic N) is 2. The summed E-state index contributed by atoms with van der Waals surface area (Å²) in [7, 11) is 0. The van der Waals surface area contributed by atoms with E-state index in [2.05, 4.69) is 4.98 Å². The predicted octanol–water partition coefficient (Wildman–Crippen LogP) is 3.85. The molecule has 1 unspecified atom stereocenters. The van der Waals surface area contributed by atoms with Gasteiger partial charge in [-0.2, -0.15) is 13.2 Å². The fourth-order valence-electron chi connectivity index (χ4n) is 2.03. The van der Waals surface area contributed by atoms with Crippen LogP contribution in [-0.2, 0) is 6.18 Å². The molecule has 0 bridgehead atoms. The molecule has 0 saturated carbocycles. The Kier molecular flexibility index (Phi) is 3.20. The van der Waals surface area contributed by atoms with Gasteiger partial charge in [0.1, 0.15) is 0 Å². The highest BCUT2D eigenvalue weighted by Crippen LogP contribution is 2.35. The molecule has 1 aromatic heterocycles. The van der Waals surface area contributed by atoms with Crippen LogP contribution in [-0.4, -0.2) is 9.55 Å². The number of imidazole rings is 1. The van der Waals surface area contributed by atoms with E-state index in [4.69, 9.17) is 5.73 Å². The predicted molar refractivity (Wildman–Crippen MR) is 68.7 cm³/mol. The van der Waals surface area contributed by atoms with Crippen molar-refractivity contribution in [2.45, 2.75) is 33.0 Å². The monoisotopic (exact) mass is 271 g/mol. The number of nitrogens with two attached hydrogens (primary N) is 1. The summed E-state index contributed by atoms with van der Waals surface area (Å²) >= 11 is 0. The molecule has 0 spiro atoms. The van der Waals surface area contributed by atoms with Crippen LogP contribution in [0.2, 0.25) is 0 Å². The number of anilines is 1. The van der Waals surface area contributed by atoms with Gasteiger partial charge in [0.05, 0.1) is 11.0 Å². The number of rotatable bonds is 2. The Labute approximate surface area is 109 Å². The number of alkyl halides is 3. The molecule has 0 fully saturated rings. The van der Waals surface area contributed by atoms with Crippen molar-refractivity contribution in [2.75, 3.05) is 5.73 Å². The molecule has 0 aliphatic heterocycles. The first kappa shape index (κ1) is 13.7. The molecule has 2 aromatic rings. The van der Waals surface area contributed by atoms with Gasteiger partial charge in [-0.15, -0.1) is 0 Å². The summed E-state index contributed by atoms with van der Waals surface area (Å²) in [5.41, 5.74) is 6.74. The molecule has 0 radical (unpaired) electrons. The van der Waals surface area contributed by atoms with E-state index >= 15 is 0 Å². The first-order valence-corrected chi connectivity index (χ1v) is 6.06. The lowest BCUT2D eigenvalue weighted by Gasteiger charge is -2.21. The number of fused-ring (bicyclic) bond motifs is 1. The first-order chi connectivity index (χ1) is 8.71. The average molecular weight is 271 g/mol. The molecule has 1 aromatic carbocycles. The number of nitrogen functional groups attached to an aromatic ring is 1. The zero-order valence-corrected chi connectivity index (χ0v) is 11.0. The summed E-state index contributed by atoms with van der Waals surface area (Å²) in [6.45, 7) is 5.53. The van der Waals surface area contributed by atoms with Gasteiger partial charge in [0, 0.05) is 11.7 Å². The van der Waals surface area contributed by atoms with E-state index in [1.165, 1.54) is 10.6 Å². The van der Waals surface area contributed by atoms with Crippen molar-refractivity contribution in [3.8, 4) is 0 Å². The van der Waals surface area contributed by atoms with E-state index in [1.807, 2.05) is 13.8 Å². The molecule has 19 heavy (non-hydrogen) atoms. The summed E-state index contributed by atoms with van der Waals surface area (Å²) in [5.74, 6) is -0.801. The minimum absolute atomic E-state index is 0.0658. The van der Waals surface area contributed by atoms with Crippen molar-refractivity contribution < 1.29 is 13.2 Å². The Hall–Kier alpha value is -1.72. The number of benzene rings is 1. The van der Waals surface area contributed by atoms with Crippen molar-refractivity contribution in [2.24, 2.45) is 5.92 Å². The Bertz CT molecular complexity index is 599. The number of hydrogen-bond donors (Lipinski definition) is 1. The Balaban J connectivity index is 2.76. The van der Waals surface area contributed by atoms with Crippen LogP contribution in [0.25, 0.3) is 11.0 Å². The summed E-state index contributed by atoms with van der Waals surface area (Å²) in [4.78, 5) is 3.71. The van der Waals surface area contributed by atoms with Crippen LogP contribution in [0.3, 0.4) is 0 Å². The summed E-state index contributed by atoms with van der Waals surface area (Å²) in [6, 6.07) is 4.35. The van der Waals surface area contributed by atoms with Crippen molar-refractivity contribution in [3.63, 3.8) is 0 Å². The second-order valence-corrected chi connectivity index (χ2v) is 5.04. The maximum absolute atomic E-state index is 13.1. The Morgan fingerprint density at radius 2 is 1.84 bits per heavy atom. The maximum atomic E-state index is 13.1. The highest BCUT2D eigenvalue weighted by molar-refractivity contribution is 5.80. The molecule has 1 atom stereocenters. The van der Waals surface area contributed by atoms with Gasteiger partial charge in [0.15, 0.2) is 0 Å². The maximum Gasteiger partial charge on any atom is 0.449 e. The normalized spacial score (nSPS) is 14.3. The highest BCUT2D eigenvalue weighted by Gasteiger charge is 2.39. The molecule has 6 heteroatoms. The number of aromatic nitrogens is 2. The van der Waals surface area contributed by atoms with Crippen LogP contribution in [0, 0.1) is 5.92 Å². The largest absolute Gasteiger partial charge is 0.449 e. The smallest absolute Gasteiger partial charge is 0.399 e. The second kappa shape index (κ2) is 4.43. The van der Waals surface area contributed by atoms with Crippen molar-refractivity contribution in [3.05, 3.63) is 24.0 Å². The van der Waals surface area contributed by atoms with E-state index in [-0.39, 0.29) is 17.5 Å². The fraction of sp³-hybridized carbons (Fsp3) is 0.462. The molecule has 0 saturated heterocycles. The summed E-state index contributed by atoms with van der Waals surface area (Å²) < 4.78 is 40.5. The van der Waals surface area contributed by atoms with E-state index in [9.17, 15) is 13.2 Å². The van der Waals surface area contributed by atoms with Crippen LogP contribution < -0.4 is 5.73 Å². The lowest BCUT2D eigenvalue weighted by atomic mass is 10.1. The molecule has 104 valence electrons. The zero-order valence-electron chi connectivity index (χ0n) is 11.0. The van der Waals surface area contributed by atoms with Gasteiger partial charge in [-0.05, 0) is 31.0 Å². The van der Waals surface area contributed by atoms with Gasteiger partial charge in [-0.3, -0.25) is 0 Å². The van der Waals surface area contributed by atoms with E-state index in [1.54, 1.807) is 19.1 Å². The molecule has 0 aliphatic rings. The summed E-state index contributed by atoms with van der Waals surface area (Å²) in [5, 5.41) is 0. The van der Waals surface area contributed by atoms with Gasteiger partial charge in [-0.25, -0.2) is 4.98 Å². The fourth-order valence-corrected chi connectivity index (χ4v) is 2.03. The lowest BCUT2D eigenvalue weighted by molar-refractivity contribution is -0.147. The van der Waals surface area contributed by atoms with E-state index < -0.39 is 12.0 Å². The third-order valence-electron chi connectivity index (χ3n) is 3.34. The Morgan fingerprint density at radius 3 is 2.37 bits per heavy atom. The van der Waals surface area contributed by atoms with Crippen LogP contribution in [0.1, 0.15) is 32.6 Å². The highest BCUT2D eigenvalue weighted by atomic mass is 19.4. The third-order valence-corrected chi connectivity index (χ3v) is 3.34. The van der Waals surface area contributed by atoms with Crippen molar-refractivity contribution >= 4 is 16.7 Å². The summed E-state index contributed by atoms with van der Waals surface area (Å²) in [6.07, 6.45) is -4.48. The van der Waals surface area contributed by atoms with Gasteiger partial charge in [0.25, 0.3) is 0 Å². The van der Waals surface area contributed by atoms with Gasteiger partial charge < -0.3 is 10.3 Å². The Morgan fingerprint density at radius 1 is 1.21 bits per heavy atom. The standard InChI is InChI=1S/C13H16F3N3/c1-7(2)8(3)19-11-5-4-9(17)6-10(11)18-12(19)13(14,15)16/h4-8H,17H2,1-3H3. The minimum Gasteiger partial charge on any atom is -0.399 e. The zero-order chi connectivity index (χ0) is 14.4. The van der Waals surface area contributed by atoms with Gasteiger partial charge in [0.2, 0.25) is 5.82 Å². The van der Waals surface area contributed by atoms with Crippen LogP contribution in [0.5, 0.6) is 0 Å². The lowest BCUT2D eigenvalue weighted by Crippen LogP contribution is -2.20. The topological polar surface area (TPSA) is 43.8 Å². The van der Waals surface area contributed by atoms with Crippen LogP contribution >= 0.6 is 0 Å². The van der Waals surface area contributed by atoms with Gasteiger partial charge >= 0.3 is 6.18 Å². The molecule has 2 N–H and O–H groups in total. The van der Waals surface area contributed by atoms with Gasteiger partial charge in [-0.1, -0.05) is 13.8 Å². The van der Waals surface area contributed by atoms with Crippen molar-refractivity contribution in [1.82, 2.24) is 9.55 Å². The molecule has 2 rings (SSSR count). The molecule has 0 aliphatic carbocycles. The average Bonchev–Trinajstić information content (AvgIpc) is 2.65. The second-order valence-electron chi connectivity index (χ2n) is 5.04. The molecular formula is C13H16F3N3. The van der Waals surface area contributed by atoms with Crippen molar-refractivity contribution in [1.29, 1.82) is 0 Å². The SMILES string of the molecule is CC(C)C(C)n1c(C(F)(F)F)nc2cc(N)ccc21. The van der Waals surface area contributed by atoms with Crippen LogP contribution in [0.15, 0.2) is 18.2 Å². The van der Waals surface area contributed by atoms with Crippen LogP contribution in [0.4, 0.5) is 18.9 Å². The molecule has 3 nitrogen and oxygen atoms in total. The van der Waals surface area contributed by atoms with E-state index in [0.29, 0.717) is 11.2 Å². The first-order valence-electron chi connectivity index (χ1n) is 6.06. The third kappa shape index (κ3) is 2.39. The molecular weight excluding hydrogens is 255 g/mol. The molecule has 0 amide bonds. The molecule has 1 heterocycles. The van der Waals surface area contributed by atoms with E-state index in [0.717, 1.165) is 0 Å². The quantitative estimate of drug-likeness (QED) is 0.843. The number of hydrogen-bond acceptors (Lipinski definition) is 2.